The zero-order valence-corrected chi connectivity index (χ0v) is 16.5. The lowest BCUT2D eigenvalue weighted by atomic mass is 10.2. The molecule has 0 saturated heterocycles. The maximum atomic E-state index is 12.2. The molecule has 0 atom stereocenters. The Hall–Kier alpha value is -3.26. The summed E-state index contributed by atoms with van der Waals surface area (Å²) in [4.78, 5) is 12.2. The van der Waals surface area contributed by atoms with Crippen LogP contribution in [0.15, 0.2) is 66.3 Å². The Balaban J connectivity index is 1.44. The SMILES string of the molecule is C=CCn1c(SCC(=O)NCc2ccccc2)nnc1-c1ccc2c(c1)OCO2. The van der Waals surface area contributed by atoms with Crippen molar-refractivity contribution in [2.75, 3.05) is 12.5 Å². The van der Waals surface area contributed by atoms with Gasteiger partial charge in [-0.3, -0.25) is 9.36 Å². The molecule has 4 rings (SSSR count). The van der Waals surface area contributed by atoms with Crippen molar-refractivity contribution in [1.29, 1.82) is 0 Å². The number of amides is 1. The molecule has 29 heavy (non-hydrogen) atoms. The predicted molar refractivity (Wildman–Crippen MR) is 111 cm³/mol. The summed E-state index contributed by atoms with van der Waals surface area (Å²) in [5.74, 6) is 2.29. The molecule has 0 aliphatic carbocycles. The van der Waals surface area contributed by atoms with Gasteiger partial charge in [-0.05, 0) is 23.8 Å². The van der Waals surface area contributed by atoms with E-state index in [0.717, 1.165) is 11.1 Å². The maximum absolute atomic E-state index is 12.2. The lowest BCUT2D eigenvalue weighted by Gasteiger charge is -2.09. The monoisotopic (exact) mass is 408 g/mol. The Morgan fingerprint density at radius 1 is 1.17 bits per heavy atom. The number of rotatable bonds is 8. The molecule has 0 radical (unpaired) electrons. The van der Waals surface area contributed by atoms with Crippen molar-refractivity contribution in [3.63, 3.8) is 0 Å². The molecule has 8 heteroatoms. The van der Waals surface area contributed by atoms with Crippen molar-refractivity contribution in [2.24, 2.45) is 0 Å². The van der Waals surface area contributed by atoms with Crippen LogP contribution in [-0.2, 0) is 17.9 Å². The maximum Gasteiger partial charge on any atom is 0.231 e. The molecule has 1 amide bonds. The Morgan fingerprint density at radius 2 is 2.00 bits per heavy atom. The fraction of sp³-hybridized carbons (Fsp3) is 0.190. The van der Waals surface area contributed by atoms with Gasteiger partial charge in [0.2, 0.25) is 12.7 Å². The van der Waals surface area contributed by atoms with Crippen LogP contribution in [0.1, 0.15) is 5.56 Å². The highest BCUT2D eigenvalue weighted by molar-refractivity contribution is 7.99. The number of hydrogen-bond acceptors (Lipinski definition) is 6. The first-order valence-electron chi connectivity index (χ1n) is 9.12. The lowest BCUT2D eigenvalue weighted by molar-refractivity contribution is -0.118. The zero-order chi connectivity index (χ0) is 20.1. The summed E-state index contributed by atoms with van der Waals surface area (Å²) in [6.07, 6.45) is 1.78. The summed E-state index contributed by atoms with van der Waals surface area (Å²) < 4.78 is 12.7. The molecule has 1 aliphatic heterocycles. The smallest absolute Gasteiger partial charge is 0.231 e. The van der Waals surface area contributed by atoms with Crippen molar-refractivity contribution >= 4 is 17.7 Å². The van der Waals surface area contributed by atoms with Crippen LogP contribution in [0.2, 0.25) is 0 Å². The first kappa shape index (κ1) is 19.1. The van der Waals surface area contributed by atoms with Gasteiger partial charge < -0.3 is 14.8 Å². The Bertz CT molecular complexity index is 1020. The second-order valence-electron chi connectivity index (χ2n) is 6.32. The van der Waals surface area contributed by atoms with Gasteiger partial charge >= 0.3 is 0 Å². The number of carbonyl (C=O) groups excluding carboxylic acids is 1. The average Bonchev–Trinajstić information content (AvgIpc) is 3.38. The summed E-state index contributed by atoms with van der Waals surface area (Å²) >= 11 is 1.34. The third-order valence-electron chi connectivity index (χ3n) is 4.32. The largest absolute Gasteiger partial charge is 0.454 e. The van der Waals surface area contributed by atoms with E-state index in [0.29, 0.717) is 35.6 Å². The number of allylic oxidation sites excluding steroid dienone is 1. The molecule has 1 aromatic heterocycles. The standard InChI is InChI=1S/C21H20N4O3S/c1-2-10-25-20(16-8-9-17-18(11-16)28-14-27-17)23-24-21(25)29-13-19(26)22-12-15-6-4-3-5-7-15/h2-9,11H,1,10,12-14H2,(H,22,26). The number of carbonyl (C=O) groups is 1. The van der Waals surface area contributed by atoms with E-state index >= 15 is 0 Å². The number of benzene rings is 2. The predicted octanol–water partition coefficient (Wildman–Crippen LogP) is 3.27. The molecule has 3 aromatic rings. The minimum atomic E-state index is -0.0587. The van der Waals surface area contributed by atoms with Gasteiger partial charge in [-0.25, -0.2) is 0 Å². The Kier molecular flexibility index (Phi) is 5.81. The fourth-order valence-electron chi connectivity index (χ4n) is 2.92. The zero-order valence-electron chi connectivity index (χ0n) is 15.7. The molecule has 7 nitrogen and oxygen atoms in total. The Labute approximate surface area is 172 Å². The molecule has 0 unspecified atom stereocenters. The average molecular weight is 408 g/mol. The fourth-order valence-corrected chi connectivity index (χ4v) is 3.69. The van der Waals surface area contributed by atoms with E-state index in [1.807, 2.05) is 53.1 Å². The molecule has 148 valence electrons. The van der Waals surface area contributed by atoms with Crippen LogP contribution in [0, 0.1) is 0 Å². The van der Waals surface area contributed by atoms with Gasteiger partial charge in [0.05, 0.1) is 5.75 Å². The highest BCUT2D eigenvalue weighted by Gasteiger charge is 2.19. The van der Waals surface area contributed by atoms with Gasteiger partial charge in [0.1, 0.15) is 0 Å². The van der Waals surface area contributed by atoms with E-state index in [-0.39, 0.29) is 18.5 Å². The van der Waals surface area contributed by atoms with Gasteiger partial charge in [-0.1, -0.05) is 48.2 Å². The van der Waals surface area contributed by atoms with Crippen molar-refractivity contribution in [3.8, 4) is 22.9 Å². The number of nitrogens with zero attached hydrogens (tertiary/aromatic N) is 3. The quantitative estimate of drug-likeness (QED) is 0.455. The highest BCUT2D eigenvalue weighted by atomic mass is 32.2. The van der Waals surface area contributed by atoms with E-state index in [2.05, 4.69) is 22.1 Å². The number of nitrogens with one attached hydrogen (secondary N) is 1. The summed E-state index contributed by atoms with van der Waals surface area (Å²) in [6.45, 7) is 5.07. The molecular weight excluding hydrogens is 388 g/mol. The summed E-state index contributed by atoms with van der Waals surface area (Å²) in [5.41, 5.74) is 1.93. The van der Waals surface area contributed by atoms with Crippen LogP contribution in [0.3, 0.4) is 0 Å². The molecule has 0 bridgehead atoms. The molecular formula is C21H20N4O3S. The van der Waals surface area contributed by atoms with Crippen LogP contribution < -0.4 is 14.8 Å². The molecule has 1 aliphatic rings. The van der Waals surface area contributed by atoms with Crippen LogP contribution in [0.4, 0.5) is 0 Å². The summed E-state index contributed by atoms with van der Waals surface area (Å²) in [5, 5.41) is 12.2. The molecule has 2 aromatic carbocycles. The van der Waals surface area contributed by atoms with E-state index < -0.39 is 0 Å². The van der Waals surface area contributed by atoms with Crippen LogP contribution >= 0.6 is 11.8 Å². The number of aromatic nitrogens is 3. The number of fused-ring (bicyclic) bond motifs is 1. The molecule has 0 saturated carbocycles. The van der Waals surface area contributed by atoms with Crippen LogP contribution in [0.25, 0.3) is 11.4 Å². The molecule has 2 heterocycles. The minimum Gasteiger partial charge on any atom is -0.454 e. The molecule has 0 spiro atoms. The van der Waals surface area contributed by atoms with E-state index in [1.54, 1.807) is 6.08 Å². The van der Waals surface area contributed by atoms with Crippen LogP contribution in [-0.4, -0.2) is 33.2 Å². The number of ether oxygens (including phenoxy) is 2. The number of thioether (sulfide) groups is 1. The first-order valence-corrected chi connectivity index (χ1v) is 10.1. The second-order valence-corrected chi connectivity index (χ2v) is 7.27. The summed E-state index contributed by atoms with van der Waals surface area (Å²) in [7, 11) is 0. The van der Waals surface area contributed by atoms with Crippen LogP contribution in [0.5, 0.6) is 11.5 Å². The third kappa shape index (κ3) is 4.43. The molecule has 1 N–H and O–H groups in total. The van der Waals surface area contributed by atoms with Gasteiger partial charge in [0.25, 0.3) is 0 Å². The number of hydrogen-bond donors (Lipinski definition) is 1. The van der Waals surface area contributed by atoms with Crippen molar-refractivity contribution < 1.29 is 14.3 Å². The summed E-state index contributed by atoms with van der Waals surface area (Å²) in [6, 6.07) is 15.5. The van der Waals surface area contributed by atoms with E-state index in [4.69, 9.17) is 9.47 Å². The van der Waals surface area contributed by atoms with E-state index in [9.17, 15) is 4.79 Å². The van der Waals surface area contributed by atoms with Gasteiger partial charge in [-0.2, -0.15) is 0 Å². The topological polar surface area (TPSA) is 78.3 Å². The second kappa shape index (κ2) is 8.83. The minimum absolute atomic E-state index is 0.0587. The lowest BCUT2D eigenvalue weighted by Crippen LogP contribution is -2.24. The van der Waals surface area contributed by atoms with Crippen molar-refractivity contribution in [2.45, 2.75) is 18.2 Å². The van der Waals surface area contributed by atoms with Gasteiger partial charge in [-0.15, -0.1) is 16.8 Å². The van der Waals surface area contributed by atoms with Crippen molar-refractivity contribution in [1.82, 2.24) is 20.1 Å². The van der Waals surface area contributed by atoms with Gasteiger partial charge in [0.15, 0.2) is 22.5 Å². The van der Waals surface area contributed by atoms with Gasteiger partial charge in [0, 0.05) is 18.7 Å². The molecule has 0 fully saturated rings. The first-order chi connectivity index (χ1) is 14.2. The normalized spacial score (nSPS) is 12.0. The van der Waals surface area contributed by atoms with Crippen molar-refractivity contribution in [3.05, 3.63) is 66.7 Å². The third-order valence-corrected chi connectivity index (χ3v) is 5.29. The van der Waals surface area contributed by atoms with E-state index in [1.165, 1.54) is 11.8 Å². The Morgan fingerprint density at radius 3 is 2.83 bits per heavy atom. The highest BCUT2D eigenvalue weighted by Crippen LogP contribution is 2.36.